The van der Waals surface area contributed by atoms with Gasteiger partial charge in [-0.2, -0.15) is 0 Å². The van der Waals surface area contributed by atoms with Crippen LogP contribution in [0.25, 0.3) is 0 Å². The number of nitrogens with one attached hydrogen (secondary N) is 2. The van der Waals surface area contributed by atoms with Gasteiger partial charge in [-0.1, -0.05) is 23.2 Å². The van der Waals surface area contributed by atoms with Gasteiger partial charge < -0.3 is 14.8 Å². The van der Waals surface area contributed by atoms with Crippen LogP contribution in [-0.2, 0) is 9.59 Å². The molecule has 2 heterocycles. The van der Waals surface area contributed by atoms with Crippen LogP contribution in [0.1, 0.15) is 19.3 Å². The van der Waals surface area contributed by atoms with Crippen molar-refractivity contribution >= 4 is 40.6 Å². The minimum Gasteiger partial charge on any atom is -0.486 e. The summed E-state index contributed by atoms with van der Waals surface area (Å²) in [6, 6.07) is 9.29. The van der Waals surface area contributed by atoms with E-state index in [2.05, 4.69) is 10.7 Å². The summed E-state index contributed by atoms with van der Waals surface area (Å²) in [7, 11) is 0. The number of rotatable bonds is 7. The summed E-state index contributed by atoms with van der Waals surface area (Å²) in [6.45, 7) is 1.51. The van der Waals surface area contributed by atoms with Crippen LogP contribution >= 0.6 is 23.2 Å². The second kappa shape index (κ2) is 10.6. The number of halogens is 3. The molecule has 0 unspecified atom stereocenters. The molecule has 1 fully saturated rings. The molecule has 33 heavy (non-hydrogen) atoms. The molecule has 1 atom stereocenters. The Balaban J connectivity index is 1.17. The van der Waals surface area contributed by atoms with Crippen LogP contribution in [0, 0.1) is 11.7 Å². The molecule has 7 nitrogen and oxygen atoms in total. The molecular formula is C23H24Cl2FN3O4. The maximum absolute atomic E-state index is 13.5. The first-order valence-electron chi connectivity index (χ1n) is 10.7. The minimum absolute atomic E-state index is 0.00793. The van der Waals surface area contributed by atoms with Gasteiger partial charge in [0.15, 0.2) is 11.9 Å². The van der Waals surface area contributed by atoms with Crippen molar-refractivity contribution in [2.45, 2.75) is 25.4 Å². The Morgan fingerprint density at radius 1 is 1.18 bits per heavy atom. The van der Waals surface area contributed by atoms with Gasteiger partial charge >= 0.3 is 0 Å². The average molecular weight is 496 g/mol. The lowest BCUT2D eigenvalue weighted by atomic mass is 9.92. The molecular weight excluding hydrogens is 472 g/mol. The van der Waals surface area contributed by atoms with Crippen LogP contribution in [-0.4, -0.2) is 49.0 Å². The van der Waals surface area contributed by atoms with E-state index in [4.69, 9.17) is 32.7 Å². The highest BCUT2D eigenvalue weighted by Gasteiger charge is 2.29. The van der Waals surface area contributed by atoms with Crippen molar-refractivity contribution in [3.63, 3.8) is 0 Å². The number of hydrogen-bond donors (Lipinski definition) is 2. The van der Waals surface area contributed by atoms with Crippen LogP contribution in [0.4, 0.5) is 10.1 Å². The van der Waals surface area contributed by atoms with Crippen molar-refractivity contribution < 1.29 is 23.5 Å². The number of nitrogens with zero attached hydrogens (tertiary/aromatic N) is 1. The molecule has 2 N–H and O–H groups in total. The van der Waals surface area contributed by atoms with Gasteiger partial charge in [-0.05, 0) is 49.1 Å². The zero-order valence-corrected chi connectivity index (χ0v) is 19.3. The number of ketones is 1. The van der Waals surface area contributed by atoms with Gasteiger partial charge in [-0.3, -0.25) is 15.0 Å². The number of Topliss-reactive ketones (excluding diaryl/α,β-unsaturated/α-hetero) is 1. The zero-order chi connectivity index (χ0) is 23.4. The smallest absolute Gasteiger partial charge is 0.277 e. The summed E-state index contributed by atoms with van der Waals surface area (Å²) in [4.78, 5) is 24.9. The van der Waals surface area contributed by atoms with Crippen LogP contribution in [0.5, 0.6) is 11.5 Å². The van der Waals surface area contributed by atoms with Crippen molar-refractivity contribution in [1.29, 1.82) is 0 Å². The number of carbonyl (C=O) groups excluding carboxylic acids is 2. The van der Waals surface area contributed by atoms with Crippen LogP contribution in [0.15, 0.2) is 36.4 Å². The Bertz CT molecular complexity index is 1030. The predicted octanol–water partition coefficient (Wildman–Crippen LogP) is 4.09. The second-order valence-electron chi connectivity index (χ2n) is 8.14. The van der Waals surface area contributed by atoms with Crippen molar-refractivity contribution in [3.05, 3.63) is 52.3 Å². The number of ether oxygens (including phenoxy) is 2. The average Bonchev–Trinajstić information content (AvgIpc) is 2.80. The first-order valence-corrected chi connectivity index (χ1v) is 11.5. The van der Waals surface area contributed by atoms with Crippen molar-refractivity contribution in [2.75, 3.05) is 31.6 Å². The van der Waals surface area contributed by atoms with Crippen molar-refractivity contribution in [1.82, 2.24) is 10.4 Å². The van der Waals surface area contributed by atoms with Crippen molar-refractivity contribution in [3.8, 4) is 11.5 Å². The molecule has 1 saturated heterocycles. The normalized spacial score (nSPS) is 18.6. The van der Waals surface area contributed by atoms with E-state index in [9.17, 15) is 14.0 Å². The molecule has 0 aromatic heterocycles. The lowest BCUT2D eigenvalue weighted by Gasteiger charge is -2.34. The summed E-state index contributed by atoms with van der Waals surface area (Å²) in [6.07, 6.45) is 1.28. The Labute approximate surface area is 201 Å². The molecule has 1 amide bonds. The van der Waals surface area contributed by atoms with E-state index in [-0.39, 0.29) is 35.0 Å². The standard InChI is InChI=1S/C23H24Cl2FN3O4/c24-15-1-4-21-20(10-15)27-12-22(33-21)23(31)28-29-7-5-14(6-8-29)9-16(30)13-32-17-2-3-18(25)19(26)11-17/h1-4,10-11,14,22,27H,5-9,12-13H2,(H,28,31)/t22-/m1/s1. The Hall–Kier alpha value is -2.55. The van der Waals surface area contributed by atoms with Gasteiger partial charge in [-0.25, -0.2) is 9.40 Å². The van der Waals surface area contributed by atoms with Crippen LogP contribution in [0.2, 0.25) is 10.0 Å². The van der Waals surface area contributed by atoms with Gasteiger partial charge in [0.05, 0.1) is 17.3 Å². The summed E-state index contributed by atoms with van der Waals surface area (Å²) in [5.74, 6) is 0.216. The molecule has 0 bridgehead atoms. The Morgan fingerprint density at radius 3 is 2.73 bits per heavy atom. The monoisotopic (exact) mass is 495 g/mol. The highest BCUT2D eigenvalue weighted by atomic mass is 35.5. The van der Waals surface area contributed by atoms with E-state index in [0.29, 0.717) is 36.8 Å². The molecule has 2 aromatic rings. The van der Waals surface area contributed by atoms with Gasteiger partial charge in [0.2, 0.25) is 0 Å². The number of carbonyl (C=O) groups is 2. The fourth-order valence-corrected chi connectivity index (χ4v) is 4.16. The fraction of sp³-hybridized carbons (Fsp3) is 0.391. The van der Waals surface area contributed by atoms with Gasteiger partial charge in [0, 0.05) is 30.6 Å². The molecule has 10 heteroatoms. The van der Waals surface area contributed by atoms with E-state index >= 15 is 0 Å². The van der Waals surface area contributed by atoms with Gasteiger partial charge in [0.25, 0.3) is 5.91 Å². The van der Waals surface area contributed by atoms with Gasteiger partial charge in [-0.15, -0.1) is 0 Å². The highest BCUT2D eigenvalue weighted by Crippen LogP contribution is 2.31. The molecule has 4 rings (SSSR count). The fourth-order valence-electron chi connectivity index (χ4n) is 3.88. The molecule has 2 aliphatic rings. The van der Waals surface area contributed by atoms with Crippen LogP contribution < -0.4 is 20.2 Å². The third-order valence-electron chi connectivity index (χ3n) is 5.67. The first-order chi connectivity index (χ1) is 15.9. The third-order valence-corrected chi connectivity index (χ3v) is 6.21. The maximum atomic E-state index is 13.5. The Kier molecular flexibility index (Phi) is 7.57. The quantitative estimate of drug-likeness (QED) is 0.602. The minimum atomic E-state index is -0.646. The molecule has 0 saturated carbocycles. The number of fused-ring (bicyclic) bond motifs is 1. The highest BCUT2D eigenvalue weighted by molar-refractivity contribution is 6.31. The number of hydrazine groups is 1. The molecule has 0 aliphatic carbocycles. The molecule has 176 valence electrons. The summed E-state index contributed by atoms with van der Waals surface area (Å²) in [5, 5.41) is 5.63. The summed E-state index contributed by atoms with van der Waals surface area (Å²) in [5.41, 5.74) is 3.67. The zero-order valence-electron chi connectivity index (χ0n) is 17.8. The molecule has 2 aliphatic heterocycles. The third kappa shape index (κ3) is 6.28. The van der Waals surface area contributed by atoms with Crippen molar-refractivity contribution in [2.24, 2.45) is 5.92 Å². The lowest BCUT2D eigenvalue weighted by Crippen LogP contribution is -2.53. The van der Waals surface area contributed by atoms with E-state index in [1.54, 1.807) is 18.2 Å². The lowest BCUT2D eigenvalue weighted by molar-refractivity contribution is -0.133. The summed E-state index contributed by atoms with van der Waals surface area (Å²) < 4.78 is 24.6. The van der Waals surface area contributed by atoms with Crippen LogP contribution in [0.3, 0.4) is 0 Å². The van der Waals surface area contributed by atoms with E-state index in [1.165, 1.54) is 12.1 Å². The largest absolute Gasteiger partial charge is 0.486 e. The number of amides is 1. The molecule has 0 spiro atoms. The van der Waals surface area contributed by atoms with E-state index in [1.807, 2.05) is 5.01 Å². The van der Waals surface area contributed by atoms with Gasteiger partial charge in [0.1, 0.15) is 23.9 Å². The maximum Gasteiger partial charge on any atom is 0.277 e. The van der Waals surface area contributed by atoms with E-state index in [0.717, 1.165) is 24.6 Å². The number of hydrogen-bond acceptors (Lipinski definition) is 6. The predicted molar refractivity (Wildman–Crippen MR) is 123 cm³/mol. The summed E-state index contributed by atoms with van der Waals surface area (Å²) >= 11 is 11.6. The number of anilines is 1. The second-order valence-corrected chi connectivity index (χ2v) is 8.99. The Morgan fingerprint density at radius 2 is 1.97 bits per heavy atom. The molecule has 2 aromatic carbocycles. The molecule has 0 radical (unpaired) electrons. The SMILES string of the molecule is O=C(COc1ccc(Cl)c(F)c1)CC1CCN(NC(=O)[C@H]2CNc3cc(Cl)ccc3O2)CC1. The van der Waals surface area contributed by atoms with E-state index < -0.39 is 11.9 Å². The first kappa shape index (κ1) is 23.6. The number of piperidine rings is 1. The topological polar surface area (TPSA) is 79.9 Å². The number of benzene rings is 2.